The number of nitrogens with one attached hydrogen (secondary N) is 1. The molecule has 1 aromatic rings. The Kier molecular flexibility index (Phi) is 4.63. The number of benzene rings is 1. The normalized spacial score (nSPS) is 23.3. The van der Waals surface area contributed by atoms with Crippen LogP contribution in [0.3, 0.4) is 0 Å². The Balaban J connectivity index is 2.02. The van der Waals surface area contributed by atoms with E-state index in [0.717, 1.165) is 18.8 Å². The highest BCUT2D eigenvalue weighted by molar-refractivity contribution is 7.80. The first-order valence-electron chi connectivity index (χ1n) is 6.46. The Morgan fingerprint density at radius 2 is 2.00 bits per heavy atom. The second-order valence-corrected chi connectivity index (χ2v) is 6.20. The Bertz CT molecular complexity index is 471. The Hall–Kier alpha value is -0.870. The third-order valence-electron chi connectivity index (χ3n) is 3.33. The number of rotatable bonds is 1. The average molecular weight is 301 g/mol. The molecule has 0 aliphatic carbocycles. The fourth-order valence-corrected chi connectivity index (χ4v) is 3.05. The van der Waals surface area contributed by atoms with E-state index in [0.29, 0.717) is 16.9 Å². The minimum atomic E-state index is -0.418. The van der Waals surface area contributed by atoms with Gasteiger partial charge in [-0.1, -0.05) is 25.4 Å². The number of hydrogen-bond acceptors (Lipinski definition) is 1. The molecule has 0 radical (unpaired) electrons. The van der Waals surface area contributed by atoms with Crippen molar-refractivity contribution in [2.45, 2.75) is 20.3 Å². The summed E-state index contributed by atoms with van der Waals surface area (Å²) in [6.45, 7) is 6.40. The highest BCUT2D eigenvalue weighted by Gasteiger charge is 2.23. The van der Waals surface area contributed by atoms with Crippen molar-refractivity contribution in [3.05, 3.63) is 29.0 Å². The zero-order chi connectivity index (χ0) is 14.0. The molecule has 1 heterocycles. The molecule has 5 heteroatoms. The molecular formula is C14H18ClFN2S. The fraction of sp³-hybridized carbons (Fsp3) is 0.500. The van der Waals surface area contributed by atoms with Crippen molar-refractivity contribution in [1.82, 2.24) is 4.90 Å². The summed E-state index contributed by atoms with van der Waals surface area (Å²) in [6, 6.07) is 4.54. The molecule has 2 rings (SSSR count). The summed E-state index contributed by atoms with van der Waals surface area (Å²) >= 11 is 11.2. The van der Waals surface area contributed by atoms with E-state index in [2.05, 4.69) is 24.1 Å². The van der Waals surface area contributed by atoms with E-state index in [9.17, 15) is 4.39 Å². The molecule has 2 nitrogen and oxygen atoms in total. The van der Waals surface area contributed by atoms with Crippen LogP contribution in [0.5, 0.6) is 0 Å². The lowest BCUT2D eigenvalue weighted by Gasteiger charge is -2.36. The highest BCUT2D eigenvalue weighted by atomic mass is 35.5. The van der Waals surface area contributed by atoms with Crippen LogP contribution in [-0.2, 0) is 0 Å². The van der Waals surface area contributed by atoms with Gasteiger partial charge in [-0.25, -0.2) is 4.39 Å². The molecule has 1 fully saturated rings. The molecule has 0 bridgehead atoms. The maximum atomic E-state index is 13.1. The Morgan fingerprint density at radius 3 is 2.58 bits per heavy atom. The predicted molar refractivity (Wildman–Crippen MR) is 82.1 cm³/mol. The number of anilines is 1. The summed E-state index contributed by atoms with van der Waals surface area (Å²) in [5, 5.41) is 3.91. The van der Waals surface area contributed by atoms with E-state index in [4.69, 9.17) is 23.8 Å². The number of likely N-dealkylation sites (tertiary alicyclic amines) is 1. The number of thiocarbonyl (C=S) groups is 1. The van der Waals surface area contributed by atoms with Crippen LogP contribution >= 0.6 is 23.8 Å². The fourth-order valence-electron chi connectivity index (χ4n) is 2.61. The van der Waals surface area contributed by atoms with E-state index < -0.39 is 5.82 Å². The third-order valence-corrected chi connectivity index (χ3v) is 3.98. The first-order valence-corrected chi connectivity index (χ1v) is 7.25. The van der Waals surface area contributed by atoms with Crippen LogP contribution in [0, 0.1) is 17.7 Å². The number of nitrogens with zero attached hydrogens (tertiary/aromatic N) is 1. The summed E-state index contributed by atoms with van der Waals surface area (Å²) in [7, 11) is 0. The maximum Gasteiger partial charge on any atom is 0.173 e. The van der Waals surface area contributed by atoms with Gasteiger partial charge in [-0.2, -0.15) is 0 Å². The molecule has 0 unspecified atom stereocenters. The standard InChI is InChI=1S/C14H18ClFN2S/c1-9-5-10(2)8-18(7-9)14(19)17-11-3-4-13(16)12(15)6-11/h3-4,6,9-10H,5,7-8H2,1-2H3,(H,17,19)/t9-,10+. The lowest BCUT2D eigenvalue weighted by molar-refractivity contribution is 0.216. The van der Waals surface area contributed by atoms with Crippen LogP contribution < -0.4 is 5.32 Å². The molecule has 1 aliphatic rings. The van der Waals surface area contributed by atoms with Gasteiger partial charge in [0.05, 0.1) is 5.02 Å². The third kappa shape index (κ3) is 3.80. The van der Waals surface area contributed by atoms with E-state index in [-0.39, 0.29) is 5.02 Å². The van der Waals surface area contributed by atoms with Crippen LogP contribution in [-0.4, -0.2) is 23.1 Å². The van der Waals surface area contributed by atoms with Gasteiger partial charge in [0.2, 0.25) is 0 Å². The summed E-state index contributed by atoms with van der Waals surface area (Å²) in [5.41, 5.74) is 0.724. The minimum absolute atomic E-state index is 0.105. The van der Waals surface area contributed by atoms with Crippen molar-refractivity contribution < 1.29 is 4.39 Å². The van der Waals surface area contributed by atoms with Gasteiger partial charge in [0, 0.05) is 18.8 Å². The van der Waals surface area contributed by atoms with Gasteiger partial charge in [-0.15, -0.1) is 0 Å². The molecule has 1 saturated heterocycles. The van der Waals surface area contributed by atoms with Gasteiger partial charge in [0.15, 0.2) is 5.11 Å². The molecule has 1 N–H and O–H groups in total. The number of piperidine rings is 1. The molecule has 0 spiro atoms. The van der Waals surface area contributed by atoms with Gasteiger partial charge in [0.25, 0.3) is 0 Å². The van der Waals surface area contributed by atoms with Crippen molar-refractivity contribution in [2.24, 2.45) is 11.8 Å². The van der Waals surface area contributed by atoms with Gasteiger partial charge in [0.1, 0.15) is 5.82 Å². The molecular weight excluding hydrogens is 283 g/mol. The lowest BCUT2D eigenvalue weighted by Crippen LogP contribution is -2.44. The van der Waals surface area contributed by atoms with Gasteiger partial charge >= 0.3 is 0 Å². The van der Waals surface area contributed by atoms with Crippen LogP contribution in [0.1, 0.15) is 20.3 Å². The largest absolute Gasteiger partial charge is 0.348 e. The van der Waals surface area contributed by atoms with Crippen molar-refractivity contribution in [3.8, 4) is 0 Å². The monoisotopic (exact) mass is 300 g/mol. The molecule has 1 aromatic carbocycles. The number of hydrogen-bond donors (Lipinski definition) is 1. The van der Waals surface area contributed by atoms with E-state index in [1.807, 2.05) is 0 Å². The van der Waals surface area contributed by atoms with Crippen LogP contribution in [0.15, 0.2) is 18.2 Å². The molecule has 2 atom stereocenters. The Morgan fingerprint density at radius 1 is 1.37 bits per heavy atom. The number of halogens is 2. The molecule has 0 aromatic heterocycles. The second-order valence-electron chi connectivity index (χ2n) is 5.41. The zero-order valence-corrected chi connectivity index (χ0v) is 12.7. The summed E-state index contributed by atoms with van der Waals surface area (Å²) in [6.07, 6.45) is 1.24. The molecule has 19 heavy (non-hydrogen) atoms. The van der Waals surface area contributed by atoms with E-state index >= 15 is 0 Å². The predicted octanol–water partition coefficient (Wildman–Crippen LogP) is 4.15. The quantitative estimate of drug-likeness (QED) is 0.784. The molecule has 104 valence electrons. The smallest absolute Gasteiger partial charge is 0.173 e. The zero-order valence-electron chi connectivity index (χ0n) is 11.1. The van der Waals surface area contributed by atoms with E-state index in [1.165, 1.54) is 12.5 Å². The summed E-state index contributed by atoms with van der Waals surface area (Å²) < 4.78 is 13.1. The Labute approximate surface area is 123 Å². The first kappa shape index (κ1) is 14.5. The highest BCUT2D eigenvalue weighted by Crippen LogP contribution is 2.23. The minimum Gasteiger partial charge on any atom is -0.348 e. The molecule has 1 aliphatic heterocycles. The van der Waals surface area contributed by atoms with Gasteiger partial charge in [-0.05, 0) is 48.7 Å². The first-order chi connectivity index (χ1) is 8.95. The van der Waals surface area contributed by atoms with Gasteiger partial charge < -0.3 is 10.2 Å². The van der Waals surface area contributed by atoms with Crippen LogP contribution in [0.2, 0.25) is 5.02 Å². The molecule has 0 saturated carbocycles. The summed E-state index contributed by atoms with van der Waals surface area (Å²) in [4.78, 5) is 2.17. The van der Waals surface area contributed by atoms with Crippen molar-refractivity contribution in [1.29, 1.82) is 0 Å². The second kappa shape index (κ2) is 6.06. The lowest BCUT2D eigenvalue weighted by atomic mass is 9.92. The van der Waals surface area contributed by atoms with Crippen LogP contribution in [0.4, 0.5) is 10.1 Å². The van der Waals surface area contributed by atoms with Crippen molar-refractivity contribution in [3.63, 3.8) is 0 Å². The topological polar surface area (TPSA) is 15.3 Å². The van der Waals surface area contributed by atoms with Crippen molar-refractivity contribution in [2.75, 3.05) is 18.4 Å². The van der Waals surface area contributed by atoms with E-state index in [1.54, 1.807) is 12.1 Å². The van der Waals surface area contributed by atoms with Crippen molar-refractivity contribution >= 4 is 34.6 Å². The average Bonchev–Trinajstić information content (AvgIpc) is 2.32. The van der Waals surface area contributed by atoms with Gasteiger partial charge in [-0.3, -0.25) is 0 Å². The SMILES string of the molecule is C[C@@H]1C[C@H](C)CN(C(=S)Nc2ccc(F)c(Cl)c2)C1. The van der Waals surface area contributed by atoms with Crippen LogP contribution in [0.25, 0.3) is 0 Å². The molecule has 0 amide bonds. The summed E-state index contributed by atoms with van der Waals surface area (Å²) in [5.74, 6) is 0.860. The maximum absolute atomic E-state index is 13.1.